The molecule has 0 bridgehead atoms. The van der Waals surface area contributed by atoms with Crippen LogP contribution in [0.4, 0.5) is 0 Å². The van der Waals surface area contributed by atoms with E-state index in [1.54, 1.807) is 0 Å². The van der Waals surface area contributed by atoms with E-state index in [2.05, 4.69) is 37.3 Å². The van der Waals surface area contributed by atoms with Crippen LogP contribution in [0, 0.1) is 0 Å². The SMILES string of the molecule is CCCCCCCCCCCCCCC(N)c1ccccc1. The van der Waals surface area contributed by atoms with Crippen molar-refractivity contribution in [2.75, 3.05) is 0 Å². The molecule has 1 rings (SSSR count). The largest absolute Gasteiger partial charge is 0.324 e. The molecule has 1 heteroatoms. The second kappa shape index (κ2) is 13.8. The van der Waals surface area contributed by atoms with Crippen LogP contribution >= 0.6 is 0 Å². The lowest BCUT2D eigenvalue weighted by Crippen LogP contribution is -2.09. The Morgan fingerprint density at radius 2 is 1.14 bits per heavy atom. The maximum Gasteiger partial charge on any atom is 0.0294 e. The van der Waals surface area contributed by atoms with Gasteiger partial charge in [0.1, 0.15) is 0 Å². The van der Waals surface area contributed by atoms with Crippen molar-refractivity contribution in [3.8, 4) is 0 Å². The van der Waals surface area contributed by atoms with E-state index >= 15 is 0 Å². The van der Waals surface area contributed by atoms with E-state index < -0.39 is 0 Å². The van der Waals surface area contributed by atoms with Crippen molar-refractivity contribution in [1.29, 1.82) is 0 Å². The van der Waals surface area contributed by atoms with Gasteiger partial charge >= 0.3 is 0 Å². The molecule has 0 saturated heterocycles. The van der Waals surface area contributed by atoms with E-state index in [4.69, 9.17) is 5.73 Å². The summed E-state index contributed by atoms with van der Waals surface area (Å²) in [6.07, 6.45) is 18.0. The minimum atomic E-state index is 0.226. The van der Waals surface area contributed by atoms with Gasteiger partial charge in [0.2, 0.25) is 0 Å². The average Bonchev–Trinajstić information content (AvgIpc) is 2.56. The highest BCUT2D eigenvalue weighted by atomic mass is 14.6. The first-order valence-electron chi connectivity index (χ1n) is 9.65. The zero-order valence-electron chi connectivity index (χ0n) is 14.7. The van der Waals surface area contributed by atoms with Crippen molar-refractivity contribution in [2.45, 2.75) is 96.4 Å². The summed E-state index contributed by atoms with van der Waals surface area (Å²) >= 11 is 0. The van der Waals surface area contributed by atoms with Crippen molar-refractivity contribution < 1.29 is 0 Å². The van der Waals surface area contributed by atoms with Crippen LogP contribution in [0.3, 0.4) is 0 Å². The maximum absolute atomic E-state index is 6.23. The van der Waals surface area contributed by atoms with Gasteiger partial charge < -0.3 is 5.73 Å². The van der Waals surface area contributed by atoms with Gasteiger partial charge in [-0.15, -0.1) is 0 Å². The summed E-state index contributed by atoms with van der Waals surface area (Å²) in [5.74, 6) is 0. The molecule has 0 heterocycles. The fraction of sp³-hybridized carbons (Fsp3) is 0.714. The maximum atomic E-state index is 6.23. The molecule has 1 aromatic carbocycles. The molecule has 0 aliphatic heterocycles. The predicted octanol–water partition coefficient (Wildman–Crippen LogP) is 6.78. The third-order valence-corrected chi connectivity index (χ3v) is 4.60. The molecule has 22 heavy (non-hydrogen) atoms. The highest BCUT2D eigenvalue weighted by molar-refractivity contribution is 5.18. The summed E-state index contributed by atoms with van der Waals surface area (Å²) in [6.45, 7) is 2.28. The lowest BCUT2D eigenvalue weighted by atomic mass is 10.00. The summed E-state index contributed by atoms with van der Waals surface area (Å²) in [5, 5.41) is 0. The van der Waals surface area contributed by atoms with Gasteiger partial charge in [-0.05, 0) is 12.0 Å². The van der Waals surface area contributed by atoms with E-state index in [9.17, 15) is 0 Å². The van der Waals surface area contributed by atoms with Crippen molar-refractivity contribution in [3.63, 3.8) is 0 Å². The quantitative estimate of drug-likeness (QED) is 0.377. The Hall–Kier alpha value is -0.820. The molecule has 1 aromatic rings. The van der Waals surface area contributed by atoms with Gasteiger partial charge in [-0.3, -0.25) is 0 Å². The van der Waals surface area contributed by atoms with Crippen LogP contribution in [0.25, 0.3) is 0 Å². The first-order chi connectivity index (χ1) is 10.8. The summed E-state index contributed by atoms with van der Waals surface area (Å²) in [5.41, 5.74) is 7.51. The molecule has 0 aromatic heterocycles. The second-order valence-corrected chi connectivity index (χ2v) is 6.69. The second-order valence-electron chi connectivity index (χ2n) is 6.69. The van der Waals surface area contributed by atoms with Crippen LogP contribution in [0.2, 0.25) is 0 Å². The lowest BCUT2D eigenvalue weighted by Gasteiger charge is -2.11. The molecular weight excluding hydrogens is 266 g/mol. The van der Waals surface area contributed by atoms with Crippen LogP contribution in [-0.2, 0) is 0 Å². The minimum Gasteiger partial charge on any atom is -0.324 e. The number of rotatable bonds is 14. The fourth-order valence-electron chi connectivity index (χ4n) is 3.07. The van der Waals surface area contributed by atoms with Crippen LogP contribution in [-0.4, -0.2) is 0 Å². The zero-order chi connectivity index (χ0) is 15.9. The highest BCUT2D eigenvalue weighted by Gasteiger charge is 2.04. The summed E-state index contributed by atoms with van der Waals surface area (Å²) in [6, 6.07) is 10.7. The van der Waals surface area contributed by atoms with Gasteiger partial charge in [0, 0.05) is 6.04 Å². The van der Waals surface area contributed by atoms with E-state index in [-0.39, 0.29) is 6.04 Å². The highest BCUT2D eigenvalue weighted by Crippen LogP contribution is 2.18. The topological polar surface area (TPSA) is 26.0 Å². The summed E-state index contributed by atoms with van der Waals surface area (Å²) in [4.78, 5) is 0. The van der Waals surface area contributed by atoms with E-state index in [1.807, 2.05) is 0 Å². The normalized spacial score (nSPS) is 12.5. The standard InChI is InChI=1S/C21H37N/c1-2-3-4-5-6-7-8-9-10-11-12-16-19-21(22)20-17-14-13-15-18-20/h13-15,17-18,21H,2-12,16,19,22H2,1H3. The monoisotopic (exact) mass is 303 g/mol. The molecule has 0 radical (unpaired) electrons. The molecule has 1 nitrogen and oxygen atoms in total. The van der Waals surface area contributed by atoms with Gasteiger partial charge in [-0.1, -0.05) is 114 Å². The smallest absolute Gasteiger partial charge is 0.0294 e. The number of nitrogens with two attached hydrogens (primary N) is 1. The summed E-state index contributed by atoms with van der Waals surface area (Å²) < 4.78 is 0. The number of unbranched alkanes of at least 4 members (excludes halogenated alkanes) is 11. The third kappa shape index (κ3) is 10.00. The Labute approximate surface area is 138 Å². The van der Waals surface area contributed by atoms with Crippen molar-refractivity contribution >= 4 is 0 Å². The Kier molecular flexibility index (Phi) is 12.1. The van der Waals surface area contributed by atoms with Gasteiger partial charge in [-0.25, -0.2) is 0 Å². The third-order valence-electron chi connectivity index (χ3n) is 4.60. The zero-order valence-corrected chi connectivity index (χ0v) is 14.7. The molecule has 0 fully saturated rings. The number of benzene rings is 1. The minimum absolute atomic E-state index is 0.226. The number of hydrogen-bond donors (Lipinski definition) is 1. The molecule has 126 valence electrons. The summed E-state index contributed by atoms with van der Waals surface area (Å²) in [7, 11) is 0. The number of hydrogen-bond acceptors (Lipinski definition) is 1. The molecule has 1 unspecified atom stereocenters. The molecule has 0 aliphatic carbocycles. The first kappa shape index (κ1) is 19.2. The van der Waals surface area contributed by atoms with Gasteiger partial charge in [0.15, 0.2) is 0 Å². The van der Waals surface area contributed by atoms with Crippen molar-refractivity contribution in [3.05, 3.63) is 35.9 Å². The molecular formula is C21H37N. The van der Waals surface area contributed by atoms with Crippen LogP contribution in [0.15, 0.2) is 30.3 Å². The Morgan fingerprint density at radius 3 is 1.64 bits per heavy atom. The van der Waals surface area contributed by atoms with Crippen LogP contribution < -0.4 is 5.73 Å². The average molecular weight is 304 g/mol. The van der Waals surface area contributed by atoms with Gasteiger partial charge in [0.05, 0.1) is 0 Å². The molecule has 0 spiro atoms. The van der Waals surface area contributed by atoms with Crippen molar-refractivity contribution in [1.82, 2.24) is 0 Å². The lowest BCUT2D eigenvalue weighted by molar-refractivity contribution is 0.524. The first-order valence-corrected chi connectivity index (χ1v) is 9.65. The molecule has 0 amide bonds. The molecule has 2 N–H and O–H groups in total. The van der Waals surface area contributed by atoms with Gasteiger partial charge in [-0.2, -0.15) is 0 Å². The van der Waals surface area contributed by atoms with E-state index in [0.29, 0.717) is 0 Å². The van der Waals surface area contributed by atoms with E-state index in [0.717, 1.165) is 6.42 Å². The Balaban J connectivity index is 1.84. The van der Waals surface area contributed by atoms with Crippen LogP contribution in [0.5, 0.6) is 0 Å². The van der Waals surface area contributed by atoms with Crippen molar-refractivity contribution in [2.24, 2.45) is 5.73 Å². The molecule has 1 atom stereocenters. The Morgan fingerprint density at radius 1 is 0.682 bits per heavy atom. The fourth-order valence-corrected chi connectivity index (χ4v) is 3.07. The van der Waals surface area contributed by atoms with Gasteiger partial charge in [0.25, 0.3) is 0 Å². The predicted molar refractivity (Wildman–Crippen MR) is 99.1 cm³/mol. The van der Waals surface area contributed by atoms with E-state index in [1.165, 1.54) is 82.6 Å². The molecule has 0 saturated carbocycles. The van der Waals surface area contributed by atoms with Crippen LogP contribution in [0.1, 0.15) is 102 Å². The Bertz CT molecular complexity index is 333. The molecule has 0 aliphatic rings.